The number of rotatable bonds is 8. The maximum absolute atomic E-state index is 5.50. The fourth-order valence-electron chi connectivity index (χ4n) is 2.83. The average Bonchev–Trinajstić information content (AvgIpc) is 3.13. The molecule has 1 N–H and O–H groups in total. The summed E-state index contributed by atoms with van der Waals surface area (Å²) in [5.41, 5.74) is 0.652. The zero-order valence-electron chi connectivity index (χ0n) is 15.3. The van der Waals surface area contributed by atoms with Crippen molar-refractivity contribution in [1.82, 2.24) is 24.7 Å². The lowest BCUT2D eigenvalue weighted by atomic mass is 10.2. The van der Waals surface area contributed by atoms with Gasteiger partial charge in [-0.1, -0.05) is 0 Å². The maximum atomic E-state index is 5.50. The van der Waals surface area contributed by atoms with Gasteiger partial charge in [-0.25, -0.2) is 9.97 Å². The lowest BCUT2D eigenvalue weighted by Gasteiger charge is -2.15. The summed E-state index contributed by atoms with van der Waals surface area (Å²) < 4.78 is 18.3. The molecule has 3 rings (SSSR count). The van der Waals surface area contributed by atoms with Crippen LogP contribution >= 0.6 is 0 Å². The van der Waals surface area contributed by atoms with E-state index in [9.17, 15) is 0 Å². The van der Waals surface area contributed by atoms with Gasteiger partial charge in [0.05, 0.1) is 26.7 Å². The normalized spacial score (nSPS) is 10.8. The first-order valence-electron chi connectivity index (χ1n) is 8.27. The fraction of sp³-hybridized carbons (Fsp3) is 0.412. The van der Waals surface area contributed by atoms with Crippen molar-refractivity contribution in [2.75, 3.05) is 33.2 Å². The van der Waals surface area contributed by atoms with Gasteiger partial charge in [0.15, 0.2) is 11.5 Å². The predicted molar refractivity (Wildman–Crippen MR) is 97.1 cm³/mol. The molecule has 0 radical (unpaired) electrons. The van der Waals surface area contributed by atoms with Crippen LogP contribution in [0.1, 0.15) is 12.7 Å². The number of nitrogens with one attached hydrogen (secondary N) is 1. The maximum Gasteiger partial charge on any atom is 0.205 e. The van der Waals surface area contributed by atoms with Crippen molar-refractivity contribution in [3.8, 4) is 17.2 Å². The summed E-state index contributed by atoms with van der Waals surface area (Å²) in [5.74, 6) is 3.19. The number of benzene rings is 1. The van der Waals surface area contributed by atoms with Crippen LogP contribution in [0.3, 0.4) is 0 Å². The molecule has 0 atom stereocenters. The van der Waals surface area contributed by atoms with E-state index in [1.165, 1.54) is 6.33 Å². The lowest BCUT2D eigenvalue weighted by molar-refractivity contribution is 0.327. The van der Waals surface area contributed by atoms with Gasteiger partial charge in [0.1, 0.15) is 29.8 Å². The lowest BCUT2D eigenvalue weighted by Crippen LogP contribution is -2.11. The van der Waals surface area contributed by atoms with Crippen LogP contribution in [-0.2, 0) is 13.0 Å². The number of aromatic nitrogens is 5. The first-order chi connectivity index (χ1) is 12.7. The Bertz CT molecular complexity index is 896. The highest BCUT2D eigenvalue weighted by molar-refractivity contribution is 5.96. The molecule has 138 valence electrons. The van der Waals surface area contributed by atoms with Gasteiger partial charge in [-0.3, -0.25) is 0 Å². The van der Waals surface area contributed by atoms with Crippen molar-refractivity contribution in [1.29, 1.82) is 0 Å². The molecule has 0 bridgehead atoms. The van der Waals surface area contributed by atoms with Gasteiger partial charge in [0.25, 0.3) is 0 Å². The second-order valence-corrected chi connectivity index (χ2v) is 5.47. The smallest absolute Gasteiger partial charge is 0.205 e. The zero-order valence-corrected chi connectivity index (χ0v) is 15.3. The Morgan fingerprint density at radius 1 is 1.08 bits per heavy atom. The van der Waals surface area contributed by atoms with E-state index >= 15 is 0 Å². The zero-order chi connectivity index (χ0) is 18.5. The van der Waals surface area contributed by atoms with E-state index in [1.807, 2.05) is 10.6 Å². The predicted octanol–water partition coefficient (Wildman–Crippen LogP) is 1.92. The molecule has 3 aromatic rings. The highest BCUT2D eigenvalue weighted by atomic mass is 16.5. The third-order valence-corrected chi connectivity index (χ3v) is 4.11. The van der Waals surface area contributed by atoms with E-state index in [1.54, 1.807) is 27.7 Å². The molecule has 0 saturated carbocycles. The molecule has 0 spiro atoms. The summed E-state index contributed by atoms with van der Waals surface area (Å²) in [6, 6.07) is 1.84. The number of hydrogen-bond donors (Lipinski definition) is 1. The van der Waals surface area contributed by atoms with Crippen LogP contribution in [0, 0.1) is 0 Å². The number of fused-ring (bicyclic) bond motifs is 1. The molecule has 2 aromatic heterocycles. The standard InChI is InChI=1S/C17H22N6O3/c1-5-23-10-21-22-13(23)6-7-18-17-11-8-12(24-2)15(25-3)16(26-4)14(11)19-9-20-17/h8-10H,5-7H2,1-4H3,(H,18,19,20). The number of ether oxygens (including phenoxy) is 3. The Morgan fingerprint density at radius 3 is 2.58 bits per heavy atom. The molecule has 0 unspecified atom stereocenters. The summed E-state index contributed by atoms with van der Waals surface area (Å²) >= 11 is 0. The minimum atomic E-state index is 0.503. The van der Waals surface area contributed by atoms with Gasteiger partial charge in [-0.15, -0.1) is 10.2 Å². The van der Waals surface area contributed by atoms with E-state index in [4.69, 9.17) is 14.2 Å². The molecular weight excluding hydrogens is 336 g/mol. The van der Waals surface area contributed by atoms with Crippen LogP contribution in [0.4, 0.5) is 5.82 Å². The molecule has 9 heteroatoms. The summed E-state index contributed by atoms with van der Waals surface area (Å²) in [4.78, 5) is 8.70. The van der Waals surface area contributed by atoms with Gasteiger partial charge in [0, 0.05) is 19.5 Å². The molecule has 1 aromatic carbocycles. The van der Waals surface area contributed by atoms with E-state index in [2.05, 4.69) is 32.4 Å². The third kappa shape index (κ3) is 3.19. The van der Waals surface area contributed by atoms with Crippen molar-refractivity contribution >= 4 is 16.7 Å². The van der Waals surface area contributed by atoms with Gasteiger partial charge < -0.3 is 24.1 Å². The van der Waals surface area contributed by atoms with Crippen molar-refractivity contribution in [2.24, 2.45) is 0 Å². The first-order valence-corrected chi connectivity index (χ1v) is 8.27. The largest absolute Gasteiger partial charge is 0.493 e. The Morgan fingerprint density at radius 2 is 1.88 bits per heavy atom. The van der Waals surface area contributed by atoms with Crippen molar-refractivity contribution in [3.63, 3.8) is 0 Å². The van der Waals surface area contributed by atoms with Crippen LogP contribution < -0.4 is 19.5 Å². The Labute approximate surface area is 151 Å². The molecule has 0 aliphatic heterocycles. The van der Waals surface area contributed by atoms with Crippen LogP contribution in [0.25, 0.3) is 10.9 Å². The number of methoxy groups -OCH3 is 3. The van der Waals surface area contributed by atoms with Crippen LogP contribution in [0.15, 0.2) is 18.7 Å². The highest BCUT2D eigenvalue weighted by Gasteiger charge is 2.19. The number of nitrogens with zero attached hydrogens (tertiary/aromatic N) is 5. The Hall–Kier alpha value is -3.10. The fourth-order valence-corrected chi connectivity index (χ4v) is 2.83. The van der Waals surface area contributed by atoms with E-state index in [0.717, 1.165) is 24.2 Å². The summed E-state index contributed by atoms with van der Waals surface area (Å²) in [6.07, 6.45) is 3.95. The number of aryl methyl sites for hydroxylation is 1. The SMILES string of the molecule is CCn1cnnc1CCNc1ncnc2c(OC)c(OC)c(OC)cc12. The van der Waals surface area contributed by atoms with Crippen molar-refractivity contribution in [3.05, 3.63) is 24.5 Å². The summed E-state index contributed by atoms with van der Waals surface area (Å²) in [5, 5.41) is 12.2. The first kappa shape index (κ1) is 17.7. The van der Waals surface area contributed by atoms with Gasteiger partial charge >= 0.3 is 0 Å². The summed E-state index contributed by atoms with van der Waals surface area (Å²) in [7, 11) is 4.72. The molecular formula is C17H22N6O3. The summed E-state index contributed by atoms with van der Waals surface area (Å²) in [6.45, 7) is 3.55. The number of hydrogen-bond acceptors (Lipinski definition) is 8. The van der Waals surface area contributed by atoms with Crippen molar-refractivity contribution < 1.29 is 14.2 Å². The average molecular weight is 358 g/mol. The minimum absolute atomic E-state index is 0.503. The van der Waals surface area contributed by atoms with Crippen LogP contribution in [-0.4, -0.2) is 52.6 Å². The molecule has 0 aliphatic rings. The Balaban J connectivity index is 1.91. The van der Waals surface area contributed by atoms with Gasteiger partial charge in [-0.2, -0.15) is 0 Å². The minimum Gasteiger partial charge on any atom is -0.493 e. The van der Waals surface area contributed by atoms with Gasteiger partial charge in [0.2, 0.25) is 5.75 Å². The quantitative estimate of drug-likeness (QED) is 0.652. The van der Waals surface area contributed by atoms with Crippen LogP contribution in [0.5, 0.6) is 17.2 Å². The third-order valence-electron chi connectivity index (χ3n) is 4.11. The van der Waals surface area contributed by atoms with Crippen LogP contribution in [0.2, 0.25) is 0 Å². The molecule has 0 fully saturated rings. The second-order valence-electron chi connectivity index (χ2n) is 5.47. The second kappa shape index (κ2) is 7.85. The Kier molecular flexibility index (Phi) is 5.35. The van der Waals surface area contributed by atoms with Crippen molar-refractivity contribution in [2.45, 2.75) is 19.9 Å². The van der Waals surface area contributed by atoms with E-state index in [-0.39, 0.29) is 0 Å². The highest BCUT2D eigenvalue weighted by Crippen LogP contribution is 2.43. The molecule has 0 amide bonds. The molecule has 0 saturated heterocycles. The molecule has 9 nitrogen and oxygen atoms in total. The topological polar surface area (TPSA) is 96.2 Å². The molecule has 2 heterocycles. The van der Waals surface area contributed by atoms with Gasteiger partial charge in [-0.05, 0) is 13.0 Å². The van der Waals surface area contributed by atoms with E-state index in [0.29, 0.717) is 35.1 Å². The molecule has 0 aliphatic carbocycles. The monoisotopic (exact) mass is 358 g/mol. The molecule has 26 heavy (non-hydrogen) atoms. The van der Waals surface area contributed by atoms with E-state index < -0.39 is 0 Å². The number of anilines is 1.